The summed E-state index contributed by atoms with van der Waals surface area (Å²) in [4.78, 5) is 12.7. The Bertz CT molecular complexity index is 744. The standard InChI is InChI=1S/C16H21F3N2O4S/c1-26(24,25)21-8-6-13(7-9-21)20(11-15(22)23)10-12-4-2-3-5-14(12)16(17,18)19/h2-5,13H,6-11H2,1H3,(H,22,23). The van der Waals surface area contributed by atoms with Crippen molar-refractivity contribution in [2.24, 2.45) is 0 Å². The highest BCUT2D eigenvalue weighted by Gasteiger charge is 2.35. The van der Waals surface area contributed by atoms with Crippen LogP contribution in [0, 0.1) is 0 Å². The molecule has 0 saturated carbocycles. The second kappa shape index (κ2) is 7.93. The van der Waals surface area contributed by atoms with Gasteiger partial charge in [0.25, 0.3) is 0 Å². The summed E-state index contributed by atoms with van der Waals surface area (Å²) in [6.07, 6.45) is -2.68. The van der Waals surface area contributed by atoms with Gasteiger partial charge < -0.3 is 5.11 Å². The van der Waals surface area contributed by atoms with E-state index in [1.165, 1.54) is 27.4 Å². The van der Waals surface area contributed by atoms with Crippen LogP contribution in [0.5, 0.6) is 0 Å². The van der Waals surface area contributed by atoms with Crippen LogP contribution in [-0.2, 0) is 27.5 Å². The molecule has 0 radical (unpaired) electrons. The normalized spacial score (nSPS) is 17.6. The number of alkyl halides is 3. The number of nitrogens with zero attached hydrogens (tertiary/aromatic N) is 2. The van der Waals surface area contributed by atoms with Crippen LogP contribution >= 0.6 is 0 Å². The highest BCUT2D eigenvalue weighted by atomic mass is 32.2. The molecule has 0 atom stereocenters. The van der Waals surface area contributed by atoms with Crippen LogP contribution in [0.3, 0.4) is 0 Å². The van der Waals surface area contributed by atoms with Gasteiger partial charge in [-0.25, -0.2) is 12.7 Å². The number of halogens is 3. The smallest absolute Gasteiger partial charge is 0.416 e. The number of hydrogen-bond donors (Lipinski definition) is 1. The summed E-state index contributed by atoms with van der Waals surface area (Å²) >= 11 is 0. The average Bonchev–Trinajstić information content (AvgIpc) is 2.52. The number of sulfonamides is 1. The third-order valence-electron chi connectivity index (χ3n) is 4.44. The molecule has 1 aromatic rings. The molecule has 6 nitrogen and oxygen atoms in total. The van der Waals surface area contributed by atoms with Gasteiger partial charge in [0.1, 0.15) is 0 Å². The maximum atomic E-state index is 13.2. The van der Waals surface area contributed by atoms with E-state index in [9.17, 15) is 26.4 Å². The van der Waals surface area contributed by atoms with Gasteiger partial charge in [-0.2, -0.15) is 13.2 Å². The Morgan fingerprint density at radius 1 is 1.27 bits per heavy atom. The van der Waals surface area contributed by atoms with Gasteiger partial charge >= 0.3 is 12.1 Å². The predicted molar refractivity (Wildman–Crippen MR) is 88.9 cm³/mol. The van der Waals surface area contributed by atoms with Crippen LogP contribution in [0.1, 0.15) is 24.0 Å². The molecule has 1 aliphatic heterocycles. The molecule has 26 heavy (non-hydrogen) atoms. The Balaban J connectivity index is 2.19. The van der Waals surface area contributed by atoms with Crippen LogP contribution in [0.25, 0.3) is 0 Å². The number of rotatable bonds is 6. The van der Waals surface area contributed by atoms with Crippen molar-refractivity contribution in [3.8, 4) is 0 Å². The average molecular weight is 394 g/mol. The number of hydrogen-bond acceptors (Lipinski definition) is 4. The van der Waals surface area contributed by atoms with Crippen LogP contribution in [-0.4, -0.2) is 60.6 Å². The first-order valence-electron chi connectivity index (χ1n) is 8.04. The Kier molecular flexibility index (Phi) is 6.30. The quantitative estimate of drug-likeness (QED) is 0.799. The summed E-state index contributed by atoms with van der Waals surface area (Å²) in [7, 11) is -3.33. The first-order valence-corrected chi connectivity index (χ1v) is 9.89. The van der Waals surface area contributed by atoms with E-state index in [1.807, 2.05) is 0 Å². The zero-order valence-corrected chi connectivity index (χ0v) is 15.1. The van der Waals surface area contributed by atoms with Crippen LogP contribution in [0.15, 0.2) is 24.3 Å². The van der Waals surface area contributed by atoms with Crippen molar-refractivity contribution in [2.45, 2.75) is 31.6 Å². The number of carboxylic acid groups (broad SMARTS) is 1. The van der Waals surface area contributed by atoms with Crippen molar-refractivity contribution >= 4 is 16.0 Å². The molecule has 0 amide bonds. The van der Waals surface area contributed by atoms with Gasteiger partial charge in [-0.05, 0) is 24.5 Å². The minimum absolute atomic E-state index is 0.00629. The second-order valence-corrected chi connectivity index (χ2v) is 8.33. The summed E-state index contributed by atoms with van der Waals surface area (Å²) in [6, 6.07) is 4.78. The van der Waals surface area contributed by atoms with Crippen molar-refractivity contribution in [1.82, 2.24) is 9.21 Å². The molecule has 10 heteroatoms. The summed E-state index contributed by atoms with van der Waals surface area (Å²) < 4.78 is 64.0. The van der Waals surface area contributed by atoms with E-state index in [1.54, 1.807) is 0 Å². The molecule has 2 rings (SSSR count). The number of carboxylic acids is 1. The Hall–Kier alpha value is -1.65. The Labute approximate surface area is 150 Å². The van der Waals surface area contributed by atoms with Crippen LogP contribution in [0.4, 0.5) is 13.2 Å². The molecular formula is C16H21F3N2O4S. The molecule has 1 aromatic carbocycles. The first kappa shape index (κ1) is 20.7. The highest BCUT2D eigenvalue weighted by Crippen LogP contribution is 2.33. The van der Waals surface area contributed by atoms with Crippen LogP contribution in [0.2, 0.25) is 0 Å². The molecule has 0 unspecified atom stereocenters. The van der Waals surface area contributed by atoms with Gasteiger partial charge in [-0.15, -0.1) is 0 Å². The lowest BCUT2D eigenvalue weighted by Gasteiger charge is -2.37. The summed E-state index contributed by atoms with van der Waals surface area (Å²) in [6.45, 7) is -0.123. The van der Waals surface area contributed by atoms with E-state index in [-0.39, 0.29) is 31.2 Å². The van der Waals surface area contributed by atoms with Crippen molar-refractivity contribution in [3.63, 3.8) is 0 Å². The lowest BCUT2D eigenvalue weighted by molar-refractivity contribution is -0.139. The maximum absolute atomic E-state index is 13.2. The summed E-state index contributed by atoms with van der Waals surface area (Å²) in [5, 5.41) is 9.13. The van der Waals surface area contributed by atoms with Crippen molar-refractivity contribution in [3.05, 3.63) is 35.4 Å². The van der Waals surface area contributed by atoms with Gasteiger partial charge in [0.2, 0.25) is 10.0 Å². The van der Waals surface area contributed by atoms with Gasteiger partial charge in [-0.3, -0.25) is 9.69 Å². The third kappa shape index (κ3) is 5.42. The monoisotopic (exact) mass is 394 g/mol. The molecule has 1 heterocycles. The van der Waals surface area contributed by atoms with Crippen molar-refractivity contribution < 1.29 is 31.5 Å². The second-order valence-electron chi connectivity index (χ2n) is 6.35. The number of benzene rings is 1. The number of carbonyl (C=O) groups is 1. The van der Waals surface area contributed by atoms with E-state index >= 15 is 0 Å². The predicted octanol–water partition coefficient (Wildman–Crippen LogP) is 2.02. The third-order valence-corrected chi connectivity index (χ3v) is 5.75. The van der Waals surface area contributed by atoms with Gasteiger partial charge in [0.15, 0.2) is 0 Å². The van der Waals surface area contributed by atoms with Crippen molar-refractivity contribution in [2.75, 3.05) is 25.9 Å². The van der Waals surface area contributed by atoms with Crippen molar-refractivity contribution in [1.29, 1.82) is 0 Å². The molecule has 0 spiro atoms. The number of aliphatic carboxylic acids is 1. The maximum Gasteiger partial charge on any atom is 0.416 e. The van der Waals surface area contributed by atoms with Crippen LogP contribution < -0.4 is 0 Å². The fraction of sp³-hybridized carbons (Fsp3) is 0.562. The molecule has 0 aromatic heterocycles. The molecule has 0 bridgehead atoms. The van der Waals surface area contributed by atoms with Gasteiger partial charge in [0, 0.05) is 25.7 Å². The van der Waals surface area contributed by atoms with Gasteiger partial charge in [0.05, 0.1) is 18.4 Å². The zero-order valence-electron chi connectivity index (χ0n) is 14.2. The fourth-order valence-electron chi connectivity index (χ4n) is 3.18. The minimum atomic E-state index is -4.52. The van der Waals surface area contributed by atoms with Gasteiger partial charge in [-0.1, -0.05) is 18.2 Å². The minimum Gasteiger partial charge on any atom is -0.480 e. The summed E-state index contributed by atoms with van der Waals surface area (Å²) in [5.74, 6) is -1.14. The molecule has 1 fully saturated rings. The zero-order chi connectivity index (χ0) is 19.5. The topological polar surface area (TPSA) is 77.9 Å². The van der Waals surface area contributed by atoms with E-state index < -0.39 is 34.3 Å². The number of piperidine rings is 1. The SMILES string of the molecule is CS(=O)(=O)N1CCC(N(CC(=O)O)Cc2ccccc2C(F)(F)F)CC1. The summed E-state index contributed by atoms with van der Waals surface area (Å²) in [5.41, 5.74) is -0.782. The molecule has 0 aliphatic carbocycles. The van der Waals surface area contributed by atoms with E-state index in [4.69, 9.17) is 5.11 Å². The molecule has 146 valence electrons. The molecule has 1 N–H and O–H groups in total. The highest BCUT2D eigenvalue weighted by molar-refractivity contribution is 7.88. The Morgan fingerprint density at radius 2 is 1.85 bits per heavy atom. The molecule has 1 aliphatic rings. The fourth-order valence-corrected chi connectivity index (χ4v) is 4.05. The molecule has 1 saturated heterocycles. The van der Waals surface area contributed by atoms with E-state index in [0.29, 0.717) is 12.8 Å². The lowest BCUT2D eigenvalue weighted by Crippen LogP contribution is -2.47. The largest absolute Gasteiger partial charge is 0.480 e. The van der Waals surface area contributed by atoms with E-state index in [2.05, 4.69) is 0 Å². The lowest BCUT2D eigenvalue weighted by atomic mass is 10.0. The first-order chi connectivity index (χ1) is 12.0. The van der Waals surface area contributed by atoms with E-state index in [0.717, 1.165) is 12.3 Å². The Morgan fingerprint density at radius 3 is 2.35 bits per heavy atom. The molecular weight excluding hydrogens is 373 g/mol.